The number of hydrogen-bond donors (Lipinski definition) is 1. The molecular weight excluding hydrogens is 208 g/mol. The Morgan fingerprint density at radius 2 is 1.88 bits per heavy atom. The van der Waals surface area contributed by atoms with Gasteiger partial charge in [0.05, 0.1) is 0 Å². The molecule has 0 aromatic heterocycles. The monoisotopic (exact) mass is 238 g/mol. The minimum atomic E-state index is 0.413. The van der Waals surface area contributed by atoms with Gasteiger partial charge in [-0.1, -0.05) is 20.8 Å². The molecule has 0 amide bonds. The van der Waals surface area contributed by atoms with Gasteiger partial charge in [0, 0.05) is 12.1 Å². The first-order valence-electron chi connectivity index (χ1n) is 7.47. The maximum atomic E-state index is 6.37. The van der Waals surface area contributed by atoms with Crippen molar-refractivity contribution in [2.45, 2.75) is 71.4 Å². The van der Waals surface area contributed by atoms with Crippen molar-refractivity contribution in [1.29, 1.82) is 0 Å². The van der Waals surface area contributed by atoms with Gasteiger partial charge in [0.2, 0.25) is 0 Å². The van der Waals surface area contributed by atoms with Gasteiger partial charge in [-0.05, 0) is 62.9 Å². The second kappa shape index (κ2) is 5.27. The standard InChI is InChI=1S/C15H30N2/c1-12-5-4-9-17(10-7-12)14-11-15(2,3)8-6-13(14)16/h12-14H,4-11,16H2,1-3H3. The summed E-state index contributed by atoms with van der Waals surface area (Å²) in [6.45, 7) is 9.77. The van der Waals surface area contributed by atoms with Crippen molar-refractivity contribution in [3.05, 3.63) is 0 Å². The lowest BCUT2D eigenvalue weighted by molar-refractivity contribution is 0.0796. The third-order valence-electron chi connectivity index (χ3n) is 4.93. The van der Waals surface area contributed by atoms with Crippen LogP contribution in [0.1, 0.15) is 59.3 Å². The Morgan fingerprint density at radius 1 is 1.12 bits per heavy atom. The number of hydrogen-bond acceptors (Lipinski definition) is 2. The van der Waals surface area contributed by atoms with Crippen LogP contribution in [-0.4, -0.2) is 30.1 Å². The van der Waals surface area contributed by atoms with Crippen LogP contribution < -0.4 is 5.73 Å². The lowest BCUT2D eigenvalue weighted by Gasteiger charge is -2.44. The Hall–Kier alpha value is -0.0800. The number of nitrogens with two attached hydrogens (primary N) is 1. The van der Waals surface area contributed by atoms with Crippen molar-refractivity contribution in [2.24, 2.45) is 17.1 Å². The second-order valence-electron chi connectivity index (χ2n) is 7.21. The van der Waals surface area contributed by atoms with E-state index < -0.39 is 0 Å². The quantitative estimate of drug-likeness (QED) is 0.761. The van der Waals surface area contributed by atoms with Gasteiger partial charge in [-0.15, -0.1) is 0 Å². The van der Waals surface area contributed by atoms with Gasteiger partial charge in [-0.3, -0.25) is 4.90 Å². The molecule has 2 rings (SSSR count). The minimum absolute atomic E-state index is 0.413. The largest absolute Gasteiger partial charge is 0.326 e. The summed E-state index contributed by atoms with van der Waals surface area (Å²) in [4.78, 5) is 2.70. The highest BCUT2D eigenvalue weighted by Gasteiger charge is 2.36. The van der Waals surface area contributed by atoms with Crippen molar-refractivity contribution >= 4 is 0 Å². The highest BCUT2D eigenvalue weighted by Crippen LogP contribution is 2.37. The molecule has 3 atom stereocenters. The third kappa shape index (κ3) is 3.45. The molecule has 100 valence electrons. The van der Waals surface area contributed by atoms with Crippen LogP contribution >= 0.6 is 0 Å². The second-order valence-corrected chi connectivity index (χ2v) is 7.21. The fourth-order valence-electron chi connectivity index (χ4n) is 3.59. The van der Waals surface area contributed by atoms with Crippen LogP contribution in [0.2, 0.25) is 0 Å². The van der Waals surface area contributed by atoms with Crippen LogP contribution in [0.4, 0.5) is 0 Å². The highest BCUT2D eigenvalue weighted by atomic mass is 15.2. The van der Waals surface area contributed by atoms with E-state index in [-0.39, 0.29) is 0 Å². The van der Waals surface area contributed by atoms with E-state index in [0.717, 1.165) is 5.92 Å². The predicted molar refractivity (Wildman–Crippen MR) is 74.0 cm³/mol. The van der Waals surface area contributed by atoms with Gasteiger partial charge in [-0.25, -0.2) is 0 Å². The minimum Gasteiger partial charge on any atom is -0.326 e. The Balaban J connectivity index is 1.99. The summed E-state index contributed by atoms with van der Waals surface area (Å²) < 4.78 is 0. The molecule has 2 N–H and O–H groups in total. The normalized spacial score (nSPS) is 39.9. The van der Waals surface area contributed by atoms with E-state index >= 15 is 0 Å². The van der Waals surface area contributed by atoms with Crippen molar-refractivity contribution in [1.82, 2.24) is 4.90 Å². The van der Waals surface area contributed by atoms with E-state index in [2.05, 4.69) is 25.7 Å². The van der Waals surface area contributed by atoms with Crippen molar-refractivity contribution in [2.75, 3.05) is 13.1 Å². The SMILES string of the molecule is CC1CCCN(C2CC(C)(C)CCC2N)CC1. The molecule has 0 spiro atoms. The molecule has 2 fully saturated rings. The van der Waals surface area contributed by atoms with Crippen molar-refractivity contribution in [3.8, 4) is 0 Å². The molecule has 1 aliphatic carbocycles. The maximum Gasteiger partial charge on any atom is 0.0252 e. The molecule has 1 saturated heterocycles. The number of rotatable bonds is 1. The van der Waals surface area contributed by atoms with Crippen LogP contribution in [0.3, 0.4) is 0 Å². The molecule has 0 bridgehead atoms. The molecule has 2 aliphatic rings. The summed E-state index contributed by atoms with van der Waals surface area (Å²) >= 11 is 0. The van der Waals surface area contributed by atoms with E-state index in [0.29, 0.717) is 17.5 Å². The van der Waals surface area contributed by atoms with Crippen LogP contribution in [0.5, 0.6) is 0 Å². The smallest absolute Gasteiger partial charge is 0.0252 e. The van der Waals surface area contributed by atoms with E-state index in [4.69, 9.17) is 5.73 Å². The average molecular weight is 238 g/mol. The fraction of sp³-hybridized carbons (Fsp3) is 1.00. The zero-order chi connectivity index (χ0) is 12.5. The average Bonchev–Trinajstić information content (AvgIpc) is 2.47. The molecule has 1 aliphatic heterocycles. The van der Waals surface area contributed by atoms with Gasteiger partial charge in [-0.2, -0.15) is 0 Å². The zero-order valence-corrected chi connectivity index (χ0v) is 11.9. The molecule has 1 saturated carbocycles. The molecule has 17 heavy (non-hydrogen) atoms. The summed E-state index contributed by atoms with van der Waals surface area (Å²) in [6, 6.07) is 1.06. The highest BCUT2D eigenvalue weighted by molar-refractivity contribution is 4.93. The van der Waals surface area contributed by atoms with Crippen molar-refractivity contribution in [3.63, 3.8) is 0 Å². The number of likely N-dealkylation sites (tertiary alicyclic amines) is 1. The Bertz CT molecular complexity index is 249. The summed E-state index contributed by atoms with van der Waals surface area (Å²) in [6.07, 6.45) is 7.94. The van der Waals surface area contributed by atoms with Gasteiger partial charge in [0.15, 0.2) is 0 Å². The Labute approximate surface area is 107 Å². The molecule has 0 radical (unpaired) electrons. The first-order chi connectivity index (χ1) is 7.98. The van der Waals surface area contributed by atoms with Crippen LogP contribution in [0.15, 0.2) is 0 Å². The molecule has 2 heteroatoms. The van der Waals surface area contributed by atoms with Gasteiger partial charge >= 0.3 is 0 Å². The van der Waals surface area contributed by atoms with E-state index in [9.17, 15) is 0 Å². The Kier molecular flexibility index (Phi) is 4.14. The summed E-state index contributed by atoms with van der Waals surface area (Å²) in [5, 5.41) is 0. The lowest BCUT2D eigenvalue weighted by Crippen LogP contribution is -2.53. The van der Waals surface area contributed by atoms with Gasteiger partial charge in [0.25, 0.3) is 0 Å². The van der Waals surface area contributed by atoms with E-state index in [1.54, 1.807) is 0 Å². The fourth-order valence-corrected chi connectivity index (χ4v) is 3.59. The van der Waals surface area contributed by atoms with E-state index in [1.807, 2.05) is 0 Å². The first kappa shape index (κ1) is 13.4. The molecule has 1 heterocycles. The summed E-state index contributed by atoms with van der Waals surface area (Å²) in [5.74, 6) is 0.910. The Morgan fingerprint density at radius 3 is 2.65 bits per heavy atom. The molecule has 3 unspecified atom stereocenters. The molecular formula is C15H30N2. The topological polar surface area (TPSA) is 29.3 Å². The number of nitrogens with zero attached hydrogens (tertiary/aromatic N) is 1. The molecule has 0 aromatic carbocycles. The maximum absolute atomic E-state index is 6.37. The lowest BCUT2D eigenvalue weighted by atomic mass is 9.72. The van der Waals surface area contributed by atoms with E-state index in [1.165, 1.54) is 51.6 Å². The summed E-state index contributed by atoms with van der Waals surface area (Å²) in [5.41, 5.74) is 6.87. The third-order valence-corrected chi connectivity index (χ3v) is 4.93. The molecule has 2 nitrogen and oxygen atoms in total. The zero-order valence-electron chi connectivity index (χ0n) is 11.9. The van der Waals surface area contributed by atoms with Crippen LogP contribution in [0, 0.1) is 11.3 Å². The molecule has 0 aromatic rings. The van der Waals surface area contributed by atoms with Crippen LogP contribution in [-0.2, 0) is 0 Å². The first-order valence-corrected chi connectivity index (χ1v) is 7.47. The van der Waals surface area contributed by atoms with Crippen LogP contribution in [0.25, 0.3) is 0 Å². The summed E-state index contributed by atoms with van der Waals surface area (Å²) in [7, 11) is 0. The van der Waals surface area contributed by atoms with Gasteiger partial charge < -0.3 is 5.73 Å². The van der Waals surface area contributed by atoms with Gasteiger partial charge in [0.1, 0.15) is 0 Å². The van der Waals surface area contributed by atoms with Crippen molar-refractivity contribution < 1.29 is 0 Å². The predicted octanol–water partition coefficient (Wildman–Crippen LogP) is 3.01.